The van der Waals surface area contributed by atoms with Crippen molar-refractivity contribution in [2.45, 2.75) is 12.3 Å². The van der Waals surface area contributed by atoms with Crippen molar-refractivity contribution in [2.75, 3.05) is 0 Å². The molecule has 0 radical (unpaired) electrons. The number of rotatable bonds is 2. The average Bonchev–Trinajstić information content (AvgIpc) is 2.95. The lowest BCUT2D eigenvalue weighted by Crippen LogP contribution is -2.53. The molecule has 1 aromatic rings. The molecule has 0 saturated carbocycles. The van der Waals surface area contributed by atoms with Crippen molar-refractivity contribution in [3.05, 3.63) is 28.6 Å². The normalized spacial score (nSPS) is 24.5. The summed E-state index contributed by atoms with van der Waals surface area (Å²) < 4.78 is 0. The Morgan fingerprint density at radius 1 is 1.61 bits per heavy atom. The molecule has 3 rings (SSSR count). The fraction of sp³-hybridized carbons (Fsp3) is 0.200. The van der Waals surface area contributed by atoms with Gasteiger partial charge in [-0.25, -0.2) is 0 Å². The number of aliphatic carboxylic acids is 1. The van der Waals surface area contributed by atoms with Crippen LogP contribution in [0.2, 0.25) is 0 Å². The Bertz CT molecular complexity index is 605. The summed E-state index contributed by atoms with van der Waals surface area (Å²) in [6.45, 7) is 1.76. The van der Waals surface area contributed by atoms with E-state index in [4.69, 9.17) is 0 Å². The molecule has 3 heterocycles. The Morgan fingerprint density at radius 2 is 2.39 bits per heavy atom. The van der Waals surface area contributed by atoms with Crippen LogP contribution in [0.3, 0.4) is 0 Å². The zero-order chi connectivity index (χ0) is 12.9. The summed E-state index contributed by atoms with van der Waals surface area (Å²) in [5, 5.41) is 22.0. The quantitative estimate of drug-likeness (QED) is 0.547. The van der Waals surface area contributed by atoms with Crippen LogP contribution < -0.4 is 5.11 Å². The van der Waals surface area contributed by atoms with Crippen LogP contribution in [0.1, 0.15) is 12.6 Å². The third kappa shape index (κ3) is 1.32. The lowest BCUT2D eigenvalue weighted by atomic mass is 9.98. The maximum atomic E-state index is 12.0. The van der Waals surface area contributed by atoms with Gasteiger partial charge in [0, 0.05) is 0 Å². The Balaban J connectivity index is 1.95. The van der Waals surface area contributed by atoms with Gasteiger partial charge in [0.05, 0.1) is 23.4 Å². The van der Waals surface area contributed by atoms with Crippen LogP contribution in [0.15, 0.2) is 22.9 Å². The molecule has 0 spiro atoms. The highest BCUT2D eigenvalue weighted by atomic mass is 32.2. The molecule has 1 aromatic heterocycles. The minimum absolute atomic E-state index is 0.0771. The highest BCUT2D eigenvalue weighted by molar-refractivity contribution is 8.03. The number of carboxylic acid groups (broad SMARTS) is 1. The fourth-order valence-electron chi connectivity index (χ4n) is 1.97. The van der Waals surface area contributed by atoms with E-state index in [1.54, 1.807) is 6.92 Å². The summed E-state index contributed by atoms with van der Waals surface area (Å²) in [6, 6.07) is 0. The molecule has 0 aromatic carbocycles. The molecule has 7 nitrogen and oxygen atoms in total. The number of carboxylic acids is 1. The average molecular weight is 263 g/mol. The summed E-state index contributed by atoms with van der Waals surface area (Å²) in [5.41, 5.74) is 1.77. The van der Waals surface area contributed by atoms with Gasteiger partial charge in [0.15, 0.2) is 0 Å². The summed E-state index contributed by atoms with van der Waals surface area (Å²) in [7, 11) is 0. The predicted octanol–water partition coefficient (Wildman–Crippen LogP) is -0.915. The maximum Gasteiger partial charge on any atom is 0.258 e. The zero-order valence-electron chi connectivity index (χ0n) is 9.21. The van der Waals surface area contributed by atoms with E-state index in [0.717, 1.165) is 0 Å². The molecule has 1 fully saturated rings. The first-order valence-electron chi connectivity index (χ1n) is 5.08. The van der Waals surface area contributed by atoms with Crippen LogP contribution in [0.5, 0.6) is 0 Å². The van der Waals surface area contributed by atoms with Gasteiger partial charge >= 0.3 is 0 Å². The van der Waals surface area contributed by atoms with E-state index >= 15 is 0 Å². The van der Waals surface area contributed by atoms with Gasteiger partial charge in [-0.2, -0.15) is 15.4 Å². The van der Waals surface area contributed by atoms with Gasteiger partial charge in [-0.1, -0.05) is 0 Å². The standard InChI is InChI=1S/C10H8N4O3S/c1-4(5-2-11-13-12-5)7-8(15)14-6(10(16)17)3-18-9(7)14/h2-3,9H,1H3,(H,16,17)(H,11,12,13)/p-1/b7-4-/t9-/m1/s1. The molecule has 2 aliphatic rings. The molecule has 8 heteroatoms. The number of aromatic amines is 1. The largest absolute Gasteiger partial charge is 0.543 e. The number of β-lactam (4-membered cyclic amide) rings is 1. The van der Waals surface area contributed by atoms with Crippen LogP contribution in [0.25, 0.3) is 5.57 Å². The summed E-state index contributed by atoms with van der Waals surface area (Å²) in [4.78, 5) is 24.0. The first-order chi connectivity index (χ1) is 8.61. The number of allylic oxidation sites excluding steroid dienone is 1. The Morgan fingerprint density at radius 3 is 3.00 bits per heavy atom. The number of carbonyl (C=O) groups is 2. The van der Waals surface area contributed by atoms with E-state index in [9.17, 15) is 14.7 Å². The molecule has 0 bridgehead atoms. The van der Waals surface area contributed by atoms with Crippen molar-refractivity contribution in [3.8, 4) is 0 Å². The van der Waals surface area contributed by atoms with Gasteiger partial charge in [-0.15, -0.1) is 11.8 Å². The lowest BCUT2D eigenvalue weighted by molar-refractivity contribution is -0.301. The van der Waals surface area contributed by atoms with Gasteiger partial charge in [0.2, 0.25) is 0 Å². The smallest absolute Gasteiger partial charge is 0.258 e. The number of amides is 1. The van der Waals surface area contributed by atoms with Crippen LogP contribution in [-0.4, -0.2) is 37.6 Å². The zero-order valence-corrected chi connectivity index (χ0v) is 10.0. The summed E-state index contributed by atoms with van der Waals surface area (Å²) in [6.07, 6.45) is 1.52. The Hall–Kier alpha value is -2.09. The summed E-state index contributed by atoms with van der Waals surface area (Å²) >= 11 is 1.27. The maximum absolute atomic E-state index is 12.0. The number of H-pyrrole nitrogens is 1. The molecule has 1 amide bonds. The molecule has 18 heavy (non-hydrogen) atoms. The van der Waals surface area contributed by atoms with Crippen molar-refractivity contribution in [2.24, 2.45) is 0 Å². The lowest BCUT2D eigenvalue weighted by Gasteiger charge is -2.39. The molecule has 1 saturated heterocycles. The monoisotopic (exact) mass is 263 g/mol. The molecular formula is C10H7N4O3S-. The van der Waals surface area contributed by atoms with E-state index < -0.39 is 5.97 Å². The van der Waals surface area contributed by atoms with Gasteiger partial charge < -0.3 is 9.90 Å². The molecule has 2 aliphatic heterocycles. The van der Waals surface area contributed by atoms with Crippen LogP contribution in [0.4, 0.5) is 0 Å². The predicted molar refractivity (Wildman–Crippen MR) is 60.3 cm³/mol. The second-order valence-electron chi connectivity index (χ2n) is 3.85. The number of hydrogen-bond donors (Lipinski definition) is 1. The minimum Gasteiger partial charge on any atom is -0.543 e. The second kappa shape index (κ2) is 3.70. The Kier molecular flexibility index (Phi) is 2.27. The van der Waals surface area contributed by atoms with Crippen LogP contribution >= 0.6 is 11.8 Å². The minimum atomic E-state index is -1.34. The number of hydrogen-bond acceptors (Lipinski definition) is 6. The Labute approximate surface area is 106 Å². The number of aromatic nitrogens is 3. The molecule has 0 unspecified atom stereocenters. The van der Waals surface area contributed by atoms with Crippen molar-refractivity contribution >= 4 is 29.2 Å². The topological polar surface area (TPSA) is 102 Å². The number of thioether (sulfide) groups is 1. The molecule has 92 valence electrons. The van der Waals surface area contributed by atoms with E-state index in [1.165, 1.54) is 28.3 Å². The van der Waals surface area contributed by atoms with Gasteiger partial charge in [-0.05, 0) is 17.9 Å². The fourth-order valence-corrected chi connectivity index (χ4v) is 3.18. The number of fused-ring (bicyclic) bond motifs is 1. The highest BCUT2D eigenvalue weighted by Gasteiger charge is 2.49. The van der Waals surface area contributed by atoms with Crippen LogP contribution in [-0.2, 0) is 9.59 Å². The third-order valence-corrected chi connectivity index (χ3v) is 3.97. The van der Waals surface area contributed by atoms with E-state index in [0.29, 0.717) is 16.8 Å². The third-order valence-electron chi connectivity index (χ3n) is 2.91. The molecule has 1 atom stereocenters. The van der Waals surface area contributed by atoms with Crippen molar-refractivity contribution in [1.29, 1.82) is 0 Å². The first kappa shape index (κ1) is 11.0. The van der Waals surface area contributed by atoms with Gasteiger partial charge in [0.1, 0.15) is 11.1 Å². The van der Waals surface area contributed by atoms with Crippen molar-refractivity contribution in [3.63, 3.8) is 0 Å². The number of carbonyl (C=O) groups excluding carboxylic acids is 2. The molecule has 1 N–H and O–H groups in total. The number of nitrogens with one attached hydrogen (secondary N) is 1. The van der Waals surface area contributed by atoms with E-state index in [2.05, 4.69) is 15.4 Å². The molecular weight excluding hydrogens is 256 g/mol. The van der Waals surface area contributed by atoms with E-state index in [1.807, 2.05) is 0 Å². The van der Waals surface area contributed by atoms with Gasteiger partial charge in [0.25, 0.3) is 5.91 Å². The van der Waals surface area contributed by atoms with Crippen molar-refractivity contribution < 1.29 is 14.7 Å². The molecule has 0 aliphatic carbocycles. The first-order valence-corrected chi connectivity index (χ1v) is 6.03. The highest BCUT2D eigenvalue weighted by Crippen LogP contribution is 2.46. The number of nitrogens with zero attached hydrogens (tertiary/aromatic N) is 3. The van der Waals surface area contributed by atoms with E-state index in [-0.39, 0.29) is 17.0 Å². The van der Waals surface area contributed by atoms with Gasteiger partial charge in [-0.3, -0.25) is 9.69 Å². The van der Waals surface area contributed by atoms with Crippen LogP contribution in [0, 0.1) is 0 Å². The second-order valence-corrected chi connectivity index (χ2v) is 4.80. The van der Waals surface area contributed by atoms with Crippen molar-refractivity contribution in [1.82, 2.24) is 20.3 Å². The SMILES string of the molecule is C/C(=C1\C(=O)N2C(C(=O)[O-])=CS[C@H]12)c1cn[nH]n1. The summed E-state index contributed by atoms with van der Waals surface area (Å²) in [5.74, 6) is -1.66.